The van der Waals surface area contributed by atoms with Crippen molar-refractivity contribution < 1.29 is 27.1 Å². The molecule has 8 nitrogen and oxygen atoms in total. The average Bonchev–Trinajstić information content (AvgIpc) is 3.17. The van der Waals surface area contributed by atoms with Crippen LogP contribution in [-0.2, 0) is 21.4 Å². The Bertz CT molecular complexity index is 893. The number of carbonyl (C=O) groups excluding carboxylic acids is 1. The van der Waals surface area contributed by atoms with E-state index in [1.165, 1.54) is 18.4 Å². The molecule has 1 aromatic heterocycles. The van der Waals surface area contributed by atoms with Crippen LogP contribution in [0.5, 0.6) is 11.5 Å². The number of amides is 1. The van der Waals surface area contributed by atoms with Gasteiger partial charge in [0.1, 0.15) is 25.0 Å². The van der Waals surface area contributed by atoms with Crippen LogP contribution in [0.15, 0.2) is 45.9 Å². The summed E-state index contributed by atoms with van der Waals surface area (Å²) in [6.45, 7) is 4.49. The van der Waals surface area contributed by atoms with Crippen molar-refractivity contribution in [3.63, 3.8) is 0 Å². The number of hydrogen-bond donors (Lipinski definition) is 2. The smallest absolute Gasteiger partial charge is 0.241 e. The molecule has 2 aromatic rings. The minimum Gasteiger partial charge on any atom is -0.486 e. The number of nitrogens with one attached hydrogen (secondary N) is 2. The Hall–Kier alpha value is -2.52. The fraction of sp³-hybridized carbons (Fsp3) is 0.389. The van der Waals surface area contributed by atoms with E-state index in [0.29, 0.717) is 30.5 Å². The molecule has 0 aliphatic carbocycles. The van der Waals surface area contributed by atoms with Crippen molar-refractivity contribution in [2.75, 3.05) is 13.2 Å². The fourth-order valence-electron chi connectivity index (χ4n) is 2.62. The Morgan fingerprint density at radius 2 is 1.89 bits per heavy atom. The molecule has 1 atom stereocenters. The van der Waals surface area contributed by atoms with Crippen LogP contribution in [0.2, 0.25) is 0 Å². The van der Waals surface area contributed by atoms with E-state index in [1.807, 2.05) is 0 Å². The zero-order valence-electron chi connectivity index (χ0n) is 15.1. The van der Waals surface area contributed by atoms with E-state index in [4.69, 9.17) is 13.9 Å². The van der Waals surface area contributed by atoms with Crippen LogP contribution in [0.4, 0.5) is 0 Å². The van der Waals surface area contributed by atoms with Crippen molar-refractivity contribution in [1.29, 1.82) is 0 Å². The first-order valence-electron chi connectivity index (χ1n) is 8.59. The van der Waals surface area contributed by atoms with Crippen LogP contribution < -0.4 is 19.5 Å². The van der Waals surface area contributed by atoms with Gasteiger partial charge in [0.05, 0.1) is 17.7 Å². The number of furan rings is 1. The molecule has 1 amide bonds. The maximum absolute atomic E-state index is 12.8. The van der Waals surface area contributed by atoms with E-state index in [2.05, 4.69) is 10.0 Å². The lowest BCUT2D eigenvalue weighted by atomic mass is 10.1. The van der Waals surface area contributed by atoms with Crippen molar-refractivity contribution in [3.05, 3.63) is 42.4 Å². The first-order valence-corrected chi connectivity index (χ1v) is 10.1. The van der Waals surface area contributed by atoms with Gasteiger partial charge in [0.2, 0.25) is 15.9 Å². The quantitative estimate of drug-likeness (QED) is 0.740. The Labute approximate surface area is 157 Å². The standard InChI is InChI=1S/C18H22N2O6S/c1-12(2)17(18(21)19-11-13-4-3-7-24-13)20-27(22,23)14-5-6-15-16(10-14)26-9-8-25-15/h3-7,10,12,17,20H,8-9,11H2,1-2H3,(H,19,21)/t17-/m0/s1. The predicted octanol–water partition coefficient (Wildman–Crippen LogP) is 1.67. The van der Waals surface area contributed by atoms with Gasteiger partial charge in [-0.25, -0.2) is 8.42 Å². The number of sulfonamides is 1. The second-order valence-corrected chi connectivity index (χ2v) is 8.16. The number of carbonyl (C=O) groups is 1. The van der Waals surface area contributed by atoms with Gasteiger partial charge in [-0.3, -0.25) is 4.79 Å². The van der Waals surface area contributed by atoms with Gasteiger partial charge in [-0.1, -0.05) is 13.8 Å². The van der Waals surface area contributed by atoms with Gasteiger partial charge in [-0.15, -0.1) is 0 Å². The molecule has 0 fully saturated rings. The van der Waals surface area contributed by atoms with Gasteiger partial charge in [-0.05, 0) is 30.2 Å². The summed E-state index contributed by atoms with van der Waals surface area (Å²) in [4.78, 5) is 12.5. The van der Waals surface area contributed by atoms with Gasteiger partial charge in [0.25, 0.3) is 0 Å². The highest BCUT2D eigenvalue weighted by Gasteiger charge is 2.29. The first-order chi connectivity index (χ1) is 12.9. The van der Waals surface area contributed by atoms with Gasteiger partial charge in [-0.2, -0.15) is 4.72 Å². The second kappa shape index (κ2) is 8.01. The van der Waals surface area contributed by atoms with Crippen molar-refractivity contribution in [2.45, 2.75) is 31.3 Å². The van der Waals surface area contributed by atoms with Gasteiger partial charge in [0, 0.05) is 6.07 Å². The number of hydrogen-bond acceptors (Lipinski definition) is 6. The molecule has 146 valence electrons. The van der Waals surface area contributed by atoms with Crippen LogP contribution >= 0.6 is 0 Å². The highest BCUT2D eigenvalue weighted by Crippen LogP contribution is 2.32. The van der Waals surface area contributed by atoms with Crippen LogP contribution in [0.25, 0.3) is 0 Å². The molecule has 0 unspecified atom stereocenters. The Morgan fingerprint density at radius 1 is 1.15 bits per heavy atom. The molecule has 3 rings (SSSR count). The Morgan fingerprint density at radius 3 is 2.56 bits per heavy atom. The highest BCUT2D eigenvalue weighted by molar-refractivity contribution is 7.89. The fourth-order valence-corrected chi connectivity index (χ4v) is 3.97. The van der Waals surface area contributed by atoms with E-state index >= 15 is 0 Å². The molecular weight excluding hydrogens is 372 g/mol. The summed E-state index contributed by atoms with van der Waals surface area (Å²) < 4.78 is 44.0. The third-order valence-corrected chi connectivity index (χ3v) is 5.51. The van der Waals surface area contributed by atoms with Crippen LogP contribution in [0.3, 0.4) is 0 Å². The third kappa shape index (κ3) is 4.61. The largest absolute Gasteiger partial charge is 0.486 e. The predicted molar refractivity (Wildman–Crippen MR) is 96.9 cm³/mol. The van der Waals surface area contributed by atoms with Gasteiger partial charge in [0.15, 0.2) is 11.5 Å². The van der Waals surface area contributed by atoms with E-state index in [0.717, 1.165) is 0 Å². The van der Waals surface area contributed by atoms with Gasteiger partial charge >= 0.3 is 0 Å². The SMILES string of the molecule is CC(C)[C@H](NS(=O)(=O)c1ccc2c(c1)OCCO2)C(=O)NCc1ccco1. The first kappa shape index (κ1) is 19.2. The van der Waals surface area contributed by atoms with Crippen LogP contribution in [0, 0.1) is 5.92 Å². The summed E-state index contributed by atoms with van der Waals surface area (Å²) in [5.74, 6) is 0.765. The van der Waals surface area contributed by atoms with E-state index in [9.17, 15) is 13.2 Å². The molecule has 1 aliphatic heterocycles. The summed E-state index contributed by atoms with van der Waals surface area (Å²) in [5, 5.41) is 2.69. The van der Waals surface area contributed by atoms with E-state index < -0.39 is 22.0 Å². The van der Waals surface area contributed by atoms with E-state index in [1.54, 1.807) is 32.0 Å². The Balaban J connectivity index is 1.73. The lowest BCUT2D eigenvalue weighted by Crippen LogP contribution is -2.49. The van der Waals surface area contributed by atoms with Gasteiger partial charge < -0.3 is 19.2 Å². The van der Waals surface area contributed by atoms with Crippen molar-refractivity contribution in [2.24, 2.45) is 5.92 Å². The molecule has 0 spiro atoms. The topological polar surface area (TPSA) is 107 Å². The minimum atomic E-state index is -3.92. The summed E-state index contributed by atoms with van der Waals surface area (Å²) >= 11 is 0. The maximum Gasteiger partial charge on any atom is 0.241 e. The molecule has 1 aliphatic rings. The Kier molecular flexibility index (Phi) is 5.71. The average molecular weight is 394 g/mol. The second-order valence-electron chi connectivity index (χ2n) is 6.45. The zero-order chi connectivity index (χ0) is 19.4. The minimum absolute atomic E-state index is 0.0104. The maximum atomic E-state index is 12.8. The molecule has 2 heterocycles. The molecule has 0 saturated heterocycles. The summed E-state index contributed by atoms with van der Waals surface area (Å²) in [5.41, 5.74) is 0. The molecule has 0 saturated carbocycles. The van der Waals surface area contributed by atoms with Crippen LogP contribution in [0.1, 0.15) is 19.6 Å². The third-order valence-electron chi connectivity index (χ3n) is 4.07. The number of ether oxygens (including phenoxy) is 2. The number of rotatable bonds is 7. The summed E-state index contributed by atoms with van der Waals surface area (Å²) in [6, 6.07) is 6.88. The number of benzene rings is 1. The molecule has 1 aromatic carbocycles. The monoisotopic (exact) mass is 394 g/mol. The highest BCUT2D eigenvalue weighted by atomic mass is 32.2. The van der Waals surface area contributed by atoms with E-state index in [-0.39, 0.29) is 17.4 Å². The normalized spacial score (nSPS) is 14.8. The zero-order valence-corrected chi connectivity index (χ0v) is 15.9. The van der Waals surface area contributed by atoms with Crippen molar-refractivity contribution in [1.82, 2.24) is 10.0 Å². The molecule has 9 heteroatoms. The molecule has 27 heavy (non-hydrogen) atoms. The van der Waals surface area contributed by atoms with Crippen molar-refractivity contribution >= 4 is 15.9 Å². The van der Waals surface area contributed by atoms with Crippen LogP contribution in [-0.4, -0.2) is 33.6 Å². The molecular formula is C18H22N2O6S. The lowest BCUT2D eigenvalue weighted by molar-refractivity contribution is -0.123. The number of fused-ring (bicyclic) bond motifs is 1. The summed E-state index contributed by atoms with van der Waals surface area (Å²) in [6.07, 6.45) is 1.51. The molecule has 0 bridgehead atoms. The molecule has 2 N–H and O–H groups in total. The lowest BCUT2D eigenvalue weighted by Gasteiger charge is -2.22. The molecule has 0 radical (unpaired) electrons. The summed E-state index contributed by atoms with van der Waals surface area (Å²) in [7, 11) is -3.92. The van der Waals surface area contributed by atoms with Crippen molar-refractivity contribution in [3.8, 4) is 11.5 Å².